The zero-order valence-corrected chi connectivity index (χ0v) is 11.9. The molecule has 1 aliphatic rings. The van der Waals surface area contributed by atoms with Crippen molar-refractivity contribution in [2.45, 2.75) is 44.2 Å². The molecule has 1 saturated carbocycles. The Balaban J connectivity index is 2.10. The van der Waals surface area contributed by atoms with E-state index in [0.717, 1.165) is 12.8 Å². The van der Waals surface area contributed by atoms with Crippen molar-refractivity contribution in [3.63, 3.8) is 0 Å². The molecule has 1 fully saturated rings. The lowest BCUT2D eigenvalue weighted by molar-refractivity contribution is -0.385. The van der Waals surface area contributed by atoms with Crippen LogP contribution in [0.15, 0.2) is 18.2 Å². The van der Waals surface area contributed by atoms with Gasteiger partial charge in [-0.05, 0) is 38.3 Å². The molecule has 0 heterocycles. The fraction of sp³-hybridized carbons (Fsp3) is 0.500. The summed E-state index contributed by atoms with van der Waals surface area (Å²) in [6.45, 7) is 1.66. The number of carbonyl (C=O) groups excluding carboxylic acids is 1. The van der Waals surface area contributed by atoms with E-state index in [9.17, 15) is 14.9 Å². The van der Waals surface area contributed by atoms with Gasteiger partial charge in [-0.3, -0.25) is 14.9 Å². The minimum absolute atomic E-state index is 0.0521. The minimum Gasteiger partial charge on any atom is -0.490 e. The standard InChI is InChI=1S/C14H19N3O4/c1-9-7-10(4-5-12(9)17(19)20)21-11-3-2-6-14(16,8-11)13(15)18/h4-5,7,11H,2-3,6,8,16H2,1H3,(H2,15,18). The van der Waals surface area contributed by atoms with Gasteiger partial charge in [-0.15, -0.1) is 0 Å². The summed E-state index contributed by atoms with van der Waals surface area (Å²) in [6.07, 6.45) is 2.25. The quantitative estimate of drug-likeness (QED) is 0.642. The molecular weight excluding hydrogens is 274 g/mol. The number of hydrogen-bond donors (Lipinski definition) is 2. The Kier molecular flexibility index (Phi) is 4.13. The molecule has 7 nitrogen and oxygen atoms in total. The predicted octanol–water partition coefficient (Wildman–Crippen LogP) is 1.41. The largest absolute Gasteiger partial charge is 0.490 e. The third kappa shape index (κ3) is 3.30. The second-order valence-electron chi connectivity index (χ2n) is 5.56. The van der Waals surface area contributed by atoms with Crippen LogP contribution in [0.25, 0.3) is 0 Å². The van der Waals surface area contributed by atoms with E-state index >= 15 is 0 Å². The molecule has 2 rings (SSSR count). The van der Waals surface area contributed by atoms with E-state index in [1.54, 1.807) is 19.1 Å². The molecule has 2 unspecified atom stereocenters. The van der Waals surface area contributed by atoms with Crippen LogP contribution >= 0.6 is 0 Å². The highest BCUT2D eigenvalue weighted by atomic mass is 16.6. The molecule has 0 radical (unpaired) electrons. The van der Waals surface area contributed by atoms with Gasteiger partial charge in [-0.25, -0.2) is 0 Å². The summed E-state index contributed by atoms with van der Waals surface area (Å²) in [5, 5.41) is 10.8. The number of amides is 1. The smallest absolute Gasteiger partial charge is 0.272 e. The summed E-state index contributed by atoms with van der Waals surface area (Å²) in [5.41, 5.74) is 10.9. The SMILES string of the molecule is Cc1cc(OC2CCCC(N)(C(N)=O)C2)ccc1[N+](=O)[O-]. The van der Waals surface area contributed by atoms with Gasteiger partial charge in [0.2, 0.25) is 5.91 Å². The van der Waals surface area contributed by atoms with E-state index < -0.39 is 16.4 Å². The Bertz CT molecular complexity index is 575. The Morgan fingerprint density at radius 3 is 2.81 bits per heavy atom. The van der Waals surface area contributed by atoms with Crippen molar-refractivity contribution in [1.82, 2.24) is 0 Å². The van der Waals surface area contributed by atoms with Crippen molar-refractivity contribution in [2.24, 2.45) is 11.5 Å². The van der Waals surface area contributed by atoms with Gasteiger partial charge in [0.15, 0.2) is 0 Å². The summed E-state index contributed by atoms with van der Waals surface area (Å²) in [7, 11) is 0. The van der Waals surface area contributed by atoms with Crippen LogP contribution in [0.4, 0.5) is 5.69 Å². The zero-order valence-electron chi connectivity index (χ0n) is 11.9. The molecule has 1 amide bonds. The van der Waals surface area contributed by atoms with E-state index in [-0.39, 0.29) is 11.8 Å². The van der Waals surface area contributed by atoms with Crippen molar-refractivity contribution in [2.75, 3.05) is 0 Å². The molecule has 1 aromatic rings. The number of nitrogens with two attached hydrogens (primary N) is 2. The molecular formula is C14H19N3O4. The highest BCUT2D eigenvalue weighted by Gasteiger charge is 2.38. The van der Waals surface area contributed by atoms with Crippen LogP contribution in [0, 0.1) is 17.0 Å². The molecule has 0 aliphatic heterocycles. The molecule has 2 atom stereocenters. The van der Waals surface area contributed by atoms with Crippen molar-refractivity contribution in [1.29, 1.82) is 0 Å². The van der Waals surface area contributed by atoms with Gasteiger partial charge in [0.25, 0.3) is 5.69 Å². The van der Waals surface area contributed by atoms with Crippen molar-refractivity contribution < 1.29 is 14.5 Å². The maximum atomic E-state index is 11.4. The first-order chi connectivity index (χ1) is 9.82. The summed E-state index contributed by atoms with van der Waals surface area (Å²) in [6, 6.07) is 4.59. The molecule has 0 aromatic heterocycles. The van der Waals surface area contributed by atoms with E-state index in [2.05, 4.69) is 0 Å². The topological polar surface area (TPSA) is 121 Å². The first-order valence-electron chi connectivity index (χ1n) is 6.82. The van der Waals surface area contributed by atoms with Gasteiger partial charge in [0.05, 0.1) is 10.5 Å². The number of carbonyl (C=O) groups is 1. The number of benzene rings is 1. The van der Waals surface area contributed by atoms with Crippen LogP contribution < -0.4 is 16.2 Å². The van der Waals surface area contributed by atoms with Crippen LogP contribution in [0.1, 0.15) is 31.2 Å². The number of rotatable bonds is 4. The summed E-state index contributed by atoms with van der Waals surface area (Å²) >= 11 is 0. The molecule has 21 heavy (non-hydrogen) atoms. The molecule has 114 valence electrons. The second-order valence-corrected chi connectivity index (χ2v) is 5.56. The normalized spacial score (nSPS) is 25.3. The van der Waals surface area contributed by atoms with Gasteiger partial charge < -0.3 is 16.2 Å². The fourth-order valence-electron chi connectivity index (χ4n) is 2.68. The second kappa shape index (κ2) is 5.69. The van der Waals surface area contributed by atoms with Crippen LogP contribution in [0.5, 0.6) is 5.75 Å². The first kappa shape index (κ1) is 15.2. The number of nitro benzene ring substituents is 1. The van der Waals surface area contributed by atoms with E-state index in [4.69, 9.17) is 16.2 Å². The Hall–Kier alpha value is -2.15. The molecule has 0 bridgehead atoms. The highest BCUT2D eigenvalue weighted by molar-refractivity contribution is 5.84. The average molecular weight is 293 g/mol. The van der Waals surface area contributed by atoms with Crippen molar-refractivity contribution in [3.8, 4) is 5.75 Å². The molecule has 1 aliphatic carbocycles. The van der Waals surface area contributed by atoms with Gasteiger partial charge in [0, 0.05) is 18.1 Å². The maximum Gasteiger partial charge on any atom is 0.272 e. The molecule has 1 aromatic carbocycles. The zero-order chi connectivity index (χ0) is 15.6. The van der Waals surface area contributed by atoms with E-state index in [1.807, 2.05) is 0 Å². The summed E-state index contributed by atoms with van der Waals surface area (Å²) in [5.74, 6) is 0.0208. The van der Waals surface area contributed by atoms with Crippen LogP contribution in [0.3, 0.4) is 0 Å². The average Bonchev–Trinajstić information content (AvgIpc) is 2.38. The number of nitro groups is 1. The number of nitrogens with zero attached hydrogens (tertiary/aromatic N) is 1. The monoisotopic (exact) mass is 293 g/mol. The van der Waals surface area contributed by atoms with Crippen LogP contribution in [-0.4, -0.2) is 22.5 Å². The highest BCUT2D eigenvalue weighted by Crippen LogP contribution is 2.31. The maximum absolute atomic E-state index is 11.4. The molecule has 0 saturated heterocycles. The van der Waals surface area contributed by atoms with E-state index in [1.165, 1.54) is 6.07 Å². The van der Waals surface area contributed by atoms with Crippen LogP contribution in [0.2, 0.25) is 0 Å². The summed E-state index contributed by atoms with van der Waals surface area (Å²) < 4.78 is 5.81. The molecule has 0 spiro atoms. The van der Waals surface area contributed by atoms with Crippen LogP contribution in [-0.2, 0) is 4.79 Å². The minimum atomic E-state index is -1.03. The Morgan fingerprint density at radius 1 is 1.52 bits per heavy atom. The third-order valence-electron chi connectivity index (χ3n) is 3.90. The number of ether oxygens (including phenoxy) is 1. The van der Waals surface area contributed by atoms with Crippen molar-refractivity contribution in [3.05, 3.63) is 33.9 Å². The third-order valence-corrected chi connectivity index (χ3v) is 3.90. The van der Waals surface area contributed by atoms with Gasteiger partial charge in [-0.1, -0.05) is 0 Å². The number of primary amides is 1. The summed E-state index contributed by atoms with van der Waals surface area (Å²) in [4.78, 5) is 21.8. The van der Waals surface area contributed by atoms with Gasteiger partial charge in [-0.2, -0.15) is 0 Å². The number of aryl methyl sites for hydroxylation is 1. The molecule has 4 N–H and O–H groups in total. The van der Waals surface area contributed by atoms with Gasteiger partial charge >= 0.3 is 0 Å². The lowest BCUT2D eigenvalue weighted by atomic mass is 9.80. The van der Waals surface area contributed by atoms with Crippen molar-refractivity contribution >= 4 is 11.6 Å². The molecule has 7 heteroatoms. The van der Waals surface area contributed by atoms with Gasteiger partial charge in [0.1, 0.15) is 11.9 Å². The predicted molar refractivity (Wildman–Crippen MR) is 76.8 cm³/mol. The Labute approximate surface area is 122 Å². The van der Waals surface area contributed by atoms with E-state index in [0.29, 0.717) is 24.2 Å². The number of hydrogen-bond acceptors (Lipinski definition) is 5. The first-order valence-corrected chi connectivity index (χ1v) is 6.82. The lowest BCUT2D eigenvalue weighted by Crippen LogP contribution is -2.56. The Morgan fingerprint density at radius 2 is 2.24 bits per heavy atom. The lowest BCUT2D eigenvalue weighted by Gasteiger charge is -2.35. The fourth-order valence-corrected chi connectivity index (χ4v) is 2.68.